The third-order valence-electron chi connectivity index (χ3n) is 3.34. The summed E-state index contributed by atoms with van der Waals surface area (Å²) in [6.45, 7) is 1.52. The van der Waals surface area contributed by atoms with E-state index in [9.17, 15) is 4.39 Å². The normalized spacial score (nSPS) is 15.2. The highest BCUT2D eigenvalue weighted by Crippen LogP contribution is 2.20. The SMILES string of the molecule is Fc1cccc(NC(=S)NCCCOC2CCCC2)c1. The first-order chi connectivity index (χ1) is 9.74. The second kappa shape index (κ2) is 8.17. The summed E-state index contributed by atoms with van der Waals surface area (Å²) < 4.78 is 18.8. The summed E-state index contributed by atoms with van der Waals surface area (Å²) in [5.41, 5.74) is 0.657. The van der Waals surface area contributed by atoms with Gasteiger partial charge in [-0.05, 0) is 49.7 Å². The molecule has 1 aliphatic rings. The first kappa shape index (κ1) is 15.2. The van der Waals surface area contributed by atoms with Gasteiger partial charge >= 0.3 is 0 Å². The number of anilines is 1. The summed E-state index contributed by atoms with van der Waals surface area (Å²) >= 11 is 5.15. The maximum atomic E-state index is 13.0. The van der Waals surface area contributed by atoms with Crippen molar-refractivity contribution in [3.8, 4) is 0 Å². The van der Waals surface area contributed by atoms with Crippen LogP contribution in [0.3, 0.4) is 0 Å². The fourth-order valence-corrected chi connectivity index (χ4v) is 2.54. The van der Waals surface area contributed by atoms with Crippen LogP contribution in [0, 0.1) is 5.82 Å². The van der Waals surface area contributed by atoms with Crippen LogP contribution < -0.4 is 10.6 Å². The van der Waals surface area contributed by atoms with Gasteiger partial charge in [0.2, 0.25) is 0 Å². The van der Waals surface area contributed by atoms with Crippen LogP contribution in [-0.4, -0.2) is 24.4 Å². The van der Waals surface area contributed by atoms with Crippen LogP contribution in [0.1, 0.15) is 32.1 Å². The summed E-state index contributed by atoms with van der Waals surface area (Å²) in [5, 5.41) is 6.56. The Bertz CT molecular complexity index is 436. The fraction of sp³-hybridized carbons (Fsp3) is 0.533. The number of benzene rings is 1. The lowest BCUT2D eigenvalue weighted by Gasteiger charge is -2.12. The molecular weight excluding hydrogens is 275 g/mol. The molecule has 110 valence electrons. The molecule has 0 unspecified atom stereocenters. The largest absolute Gasteiger partial charge is 0.378 e. The maximum Gasteiger partial charge on any atom is 0.170 e. The molecule has 2 rings (SSSR count). The van der Waals surface area contributed by atoms with Gasteiger partial charge in [-0.15, -0.1) is 0 Å². The molecule has 1 aromatic rings. The fourth-order valence-electron chi connectivity index (χ4n) is 2.32. The first-order valence-electron chi connectivity index (χ1n) is 7.16. The van der Waals surface area contributed by atoms with Crippen LogP contribution in [-0.2, 0) is 4.74 Å². The monoisotopic (exact) mass is 296 g/mol. The van der Waals surface area contributed by atoms with Crippen molar-refractivity contribution in [1.82, 2.24) is 5.32 Å². The minimum atomic E-state index is -0.275. The van der Waals surface area contributed by atoms with Crippen molar-refractivity contribution >= 4 is 23.0 Å². The molecular formula is C15H21FN2OS. The third-order valence-corrected chi connectivity index (χ3v) is 3.59. The Labute approximate surface area is 124 Å². The Morgan fingerprint density at radius 3 is 2.90 bits per heavy atom. The summed E-state index contributed by atoms with van der Waals surface area (Å²) in [4.78, 5) is 0. The highest BCUT2D eigenvalue weighted by atomic mass is 32.1. The lowest BCUT2D eigenvalue weighted by Crippen LogP contribution is -2.30. The number of halogens is 1. The van der Waals surface area contributed by atoms with Crippen LogP contribution in [0.2, 0.25) is 0 Å². The van der Waals surface area contributed by atoms with Crippen molar-refractivity contribution < 1.29 is 9.13 Å². The van der Waals surface area contributed by atoms with E-state index in [4.69, 9.17) is 17.0 Å². The van der Waals surface area contributed by atoms with Crippen LogP contribution in [0.5, 0.6) is 0 Å². The topological polar surface area (TPSA) is 33.3 Å². The van der Waals surface area contributed by atoms with Gasteiger partial charge in [-0.2, -0.15) is 0 Å². The van der Waals surface area contributed by atoms with Crippen LogP contribution >= 0.6 is 12.2 Å². The Hall–Kier alpha value is -1.20. The number of rotatable bonds is 6. The molecule has 0 saturated heterocycles. The summed E-state index contributed by atoms with van der Waals surface area (Å²) in [7, 11) is 0. The molecule has 1 fully saturated rings. The van der Waals surface area contributed by atoms with Gasteiger partial charge in [0.15, 0.2) is 5.11 Å². The molecule has 0 bridgehead atoms. The van der Waals surface area contributed by atoms with Gasteiger partial charge in [-0.1, -0.05) is 18.9 Å². The molecule has 0 heterocycles. The van der Waals surface area contributed by atoms with Crippen molar-refractivity contribution in [3.05, 3.63) is 30.1 Å². The summed E-state index contributed by atoms with van der Waals surface area (Å²) in [6.07, 6.45) is 6.38. The summed E-state index contributed by atoms with van der Waals surface area (Å²) in [5.74, 6) is -0.275. The van der Waals surface area contributed by atoms with Crippen LogP contribution in [0.4, 0.5) is 10.1 Å². The van der Waals surface area contributed by atoms with E-state index in [1.54, 1.807) is 12.1 Å². The molecule has 5 heteroatoms. The van der Waals surface area contributed by atoms with E-state index in [1.165, 1.54) is 37.8 Å². The van der Waals surface area contributed by atoms with Gasteiger partial charge in [0.05, 0.1) is 6.10 Å². The van der Waals surface area contributed by atoms with E-state index in [-0.39, 0.29) is 5.82 Å². The number of thiocarbonyl (C=S) groups is 1. The summed E-state index contributed by atoms with van der Waals surface area (Å²) in [6, 6.07) is 6.25. The van der Waals surface area contributed by atoms with E-state index in [0.29, 0.717) is 16.9 Å². The van der Waals surface area contributed by atoms with E-state index < -0.39 is 0 Å². The standard InChI is InChI=1S/C15H21FN2OS/c16-12-5-3-6-13(11-12)18-15(20)17-9-4-10-19-14-7-1-2-8-14/h3,5-6,11,14H,1-2,4,7-10H2,(H2,17,18,20). The number of nitrogens with one attached hydrogen (secondary N) is 2. The van der Waals surface area contributed by atoms with Crippen molar-refractivity contribution in [2.24, 2.45) is 0 Å². The Balaban J connectivity index is 1.55. The molecule has 2 N–H and O–H groups in total. The molecule has 20 heavy (non-hydrogen) atoms. The second-order valence-corrected chi connectivity index (χ2v) is 5.43. The predicted octanol–water partition coefficient (Wildman–Crippen LogP) is 3.46. The molecule has 3 nitrogen and oxygen atoms in total. The lowest BCUT2D eigenvalue weighted by molar-refractivity contribution is 0.0574. The average molecular weight is 296 g/mol. The number of ether oxygens (including phenoxy) is 1. The van der Waals surface area contributed by atoms with E-state index in [0.717, 1.165) is 19.6 Å². The molecule has 0 radical (unpaired) electrons. The Morgan fingerprint density at radius 2 is 2.15 bits per heavy atom. The van der Waals surface area contributed by atoms with E-state index in [2.05, 4.69) is 10.6 Å². The molecule has 0 amide bonds. The zero-order chi connectivity index (χ0) is 14.2. The highest BCUT2D eigenvalue weighted by molar-refractivity contribution is 7.80. The minimum absolute atomic E-state index is 0.275. The Kier molecular flexibility index (Phi) is 6.21. The van der Waals surface area contributed by atoms with Crippen molar-refractivity contribution in [2.45, 2.75) is 38.2 Å². The molecule has 0 aliphatic heterocycles. The van der Waals surface area contributed by atoms with E-state index >= 15 is 0 Å². The van der Waals surface area contributed by atoms with Gasteiger partial charge in [0.25, 0.3) is 0 Å². The highest BCUT2D eigenvalue weighted by Gasteiger charge is 2.14. The molecule has 0 atom stereocenters. The molecule has 1 aromatic carbocycles. The smallest absolute Gasteiger partial charge is 0.170 e. The quantitative estimate of drug-likeness (QED) is 0.622. The number of hydrogen-bond donors (Lipinski definition) is 2. The molecule has 1 aliphatic carbocycles. The van der Waals surface area contributed by atoms with Crippen molar-refractivity contribution in [3.63, 3.8) is 0 Å². The lowest BCUT2D eigenvalue weighted by atomic mass is 10.3. The van der Waals surface area contributed by atoms with Gasteiger partial charge in [0.1, 0.15) is 5.82 Å². The Morgan fingerprint density at radius 1 is 1.35 bits per heavy atom. The molecule has 0 spiro atoms. The number of hydrogen-bond acceptors (Lipinski definition) is 2. The van der Waals surface area contributed by atoms with Gasteiger partial charge in [-0.3, -0.25) is 0 Å². The zero-order valence-corrected chi connectivity index (χ0v) is 12.3. The third kappa shape index (κ3) is 5.43. The maximum absolute atomic E-state index is 13.0. The average Bonchev–Trinajstić information content (AvgIpc) is 2.91. The van der Waals surface area contributed by atoms with Crippen LogP contribution in [0.15, 0.2) is 24.3 Å². The van der Waals surface area contributed by atoms with E-state index in [1.807, 2.05) is 0 Å². The van der Waals surface area contributed by atoms with Gasteiger partial charge in [-0.25, -0.2) is 4.39 Å². The first-order valence-corrected chi connectivity index (χ1v) is 7.57. The predicted molar refractivity (Wildman–Crippen MR) is 83.4 cm³/mol. The zero-order valence-electron chi connectivity index (χ0n) is 11.5. The van der Waals surface area contributed by atoms with Crippen molar-refractivity contribution in [2.75, 3.05) is 18.5 Å². The van der Waals surface area contributed by atoms with Gasteiger partial charge < -0.3 is 15.4 Å². The van der Waals surface area contributed by atoms with Gasteiger partial charge in [0, 0.05) is 18.8 Å². The van der Waals surface area contributed by atoms with Crippen molar-refractivity contribution in [1.29, 1.82) is 0 Å². The minimum Gasteiger partial charge on any atom is -0.378 e. The van der Waals surface area contributed by atoms with Crippen LogP contribution in [0.25, 0.3) is 0 Å². The second-order valence-electron chi connectivity index (χ2n) is 5.02. The molecule has 1 saturated carbocycles. The molecule has 0 aromatic heterocycles.